The molecular weight excluding hydrogens is 246 g/mol. The maximum Gasteiger partial charge on any atom is 0.0636 e. The molecule has 0 aromatic heterocycles. The highest BCUT2D eigenvalue weighted by Crippen LogP contribution is 2.42. The Bertz CT molecular complexity index is 482. The van der Waals surface area contributed by atoms with Crippen molar-refractivity contribution in [3.63, 3.8) is 0 Å². The van der Waals surface area contributed by atoms with Gasteiger partial charge in [0.1, 0.15) is 0 Å². The number of hydrogen-bond acceptors (Lipinski definition) is 2. The molecule has 1 N–H and O–H groups in total. The summed E-state index contributed by atoms with van der Waals surface area (Å²) in [5.41, 5.74) is 2.95. The molecule has 0 spiro atoms. The van der Waals surface area contributed by atoms with Gasteiger partial charge >= 0.3 is 0 Å². The van der Waals surface area contributed by atoms with Gasteiger partial charge in [0, 0.05) is 24.7 Å². The molecule has 1 heterocycles. The van der Waals surface area contributed by atoms with Crippen molar-refractivity contribution < 1.29 is 5.11 Å². The third-order valence-electron chi connectivity index (χ3n) is 5.29. The molecule has 1 saturated carbocycles. The molecule has 0 amide bonds. The van der Waals surface area contributed by atoms with Crippen molar-refractivity contribution in [2.75, 3.05) is 18.0 Å². The van der Waals surface area contributed by atoms with E-state index in [2.05, 4.69) is 49.9 Å². The van der Waals surface area contributed by atoms with Gasteiger partial charge in [0.15, 0.2) is 0 Å². The molecule has 1 fully saturated rings. The van der Waals surface area contributed by atoms with Crippen molar-refractivity contribution >= 4 is 5.69 Å². The Morgan fingerprint density at radius 3 is 2.75 bits per heavy atom. The number of nitrogens with zero attached hydrogens (tertiary/aromatic N) is 1. The topological polar surface area (TPSA) is 23.5 Å². The lowest BCUT2D eigenvalue weighted by Crippen LogP contribution is -2.41. The first-order chi connectivity index (χ1) is 9.47. The molecule has 3 atom stereocenters. The quantitative estimate of drug-likeness (QED) is 0.891. The summed E-state index contributed by atoms with van der Waals surface area (Å²) in [5.74, 6) is 1.12. The van der Waals surface area contributed by atoms with E-state index in [1.807, 2.05) is 0 Å². The zero-order valence-electron chi connectivity index (χ0n) is 13.0. The Kier molecular flexibility index (Phi) is 3.53. The van der Waals surface area contributed by atoms with E-state index >= 15 is 0 Å². The Morgan fingerprint density at radius 2 is 2.05 bits per heavy atom. The predicted molar refractivity (Wildman–Crippen MR) is 84.0 cm³/mol. The highest BCUT2D eigenvalue weighted by atomic mass is 16.3. The van der Waals surface area contributed by atoms with Crippen LogP contribution < -0.4 is 4.90 Å². The molecule has 1 aromatic carbocycles. The first kappa shape index (κ1) is 13.9. The minimum Gasteiger partial charge on any atom is -0.392 e. The van der Waals surface area contributed by atoms with Crippen LogP contribution in [0.25, 0.3) is 0 Å². The molecule has 0 bridgehead atoms. The summed E-state index contributed by atoms with van der Waals surface area (Å²) in [6.07, 6.45) is 3.32. The van der Waals surface area contributed by atoms with Crippen LogP contribution in [0.2, 0.25) is 0 Å². The van der Waals surface area contributed by atoms with Crippen molar-refractivity contribution in [2.45, 2.75) is 46.1 Å². The second kappa shape index (κ2) is 5.07. The minimum absolute atomic E-state index is 0.0889. The van der Waals surface area contributed by atoms with Crippen LogP contribution >= 0.6 is 0 Å². The van der Waals surface area contributed by atoms with Gasteiger partial charge in [-0.2, -0.15) is 0 Å². The summed E-state index contributed by atoms with van der Waals surface area (Å²) >= 11 is 0. The van der Waals surface area contributed by atoms with E-state index < -0.39 is 0 Å². The first-order valence-corrected chi connectivity index (χ1v) is 7.98. The standard InChI is InChI=1S/C18H27NO/c1-13-10-14-6-4-5-7-16(14)19(11-13)12-15-8-9-18(2,3)17(15)20/h4-7,13,15,17,20H,8-12H2,1-3H3. The molecule has 2 heteroatoms. The zero-order chi connectivity index (χ0) is 14.3. The molecule has 1 aromatic rings. The van der Waals surface area contributed by atoms with Crippen LogP contribution in [-0.2, 0) is 6.42 Å². The van der Waals surface area contributed by atoms with Gasteiger partial charge in [-0.05, 0) is 42.2 Å². The highest BCUT2D eigenvalue weighted by Gasteiger charge is 2.41. The van der Waals surface area contributed by atoms with Gasteiger partial charge in [-0.1, -0.05) is 39.0 Å². The van der Waals surface area contributed by atoms with E-state index in [9.17, 15) is 5.11 Å². The van der Waals surface area contributed by atoms with Gasteiger partial charge in [0.25, 0.3) is 0 Å². The molecule has 2 aliphatic rings. The lowest BCUT2D eigenvalue weighted by atomic mass is 9.86. The molecule has 0 radical (unpaired) electrons. The van der Waals surface area contributed by atoms with Crippen LogP contribution in [-0.4, -0.2) is 24.3 Å². The van der Waals surface area contributed by atoms with Gasteiger partial charge in [-0.3, -0.25) is 0 Å². The van der Waals surface area contributed by atoms with E-state index in [-0.39, 0.29) is 11.5 Å². The number of fused-ring (bicyclic) bond motifs is 1. The van der Waals surface area contributed by atoms with Gasteiger partial charge < -0.3 is 10.0 Å². The van der Waals surface area contributed by atoms with Crippen molar-refractivity contribution in [1.29, 1.82) is 0 Å². The second-order valence-electron chi connectivity index (χ2n) is 7.58. The lowest BCUT2D eigenvalue weighted by Gasteiger charge is -2.37. The average molecular weight is 273 g/mol. The number of rotatable bonds is 2. The van der Waals surface area contributed by atoms with Crippen LogP contribution in [0, 0.1) is 17.3 Å². The third kappa shape index (κ3) is 2.46. The van der Waals surface area contributed by atoms with Gasteiger partial charge in [-0.15, -0.1) is 0 Å². The van der Waals surface area contributed by atoms with E-state index in [1.54, 1.807) is 0 Å². The fourth-order valence-corrected chi connectivity index (χ4v) is 4.05. The fraction of sp³-hybridized carbons (Fsp3) is 0.667. The lowest BCUT2D eigenvalue weighted by molar-refractivity contribution is 0.0478. The first-order valence-electron chi connectivity index (χ1n) is 7.98. The third-order valence-corrected chi connectivity index (χ3v) is 5.29. The Hall–Kier alpha value is -1.02. The summed E-state index contributed by atoms with van der Waals surface area (Å²) in [5, 5.41) is 10.5. The molecule has 1 aliphatic carbocycles. The largest absolute Gasteiger partial charge is 0.392 e. The van der Waals surface area contributed by atoms with E-state index in [0.29, 0.717) is 11.8 Å². The summed E-state index contributed by atoms with van der Waals surface area (Å²) in [6.45, 7) is 8.86. The van der Waals surface area contributed by atoms with Crippen molar-refractivity contribution in [1.82, 2.24) is 0 Å². The monoisotopic (exact) mass is 273 g/mol. The van der Waals surface area contributed by atoms with E-state index in [4.69, 9.17) is 0 Å². The van der Waals surface area contributed by atoms with Gasteiger partial charge in [0.2, 0.25) is 0 Å². The average Bonchev–Trinajstić information content (AvgIpc) is 2.66. The molecule has 0 saturated heterocycles. The maximum absolute atomic E-state index is 10.5. The van der Waals surface area contributed by atoms with Crippen LogP contribution in [0.15, 0.2) is 24.3 Å². The molecule has 2 nitrogen and oxygen atoms in total. The predicted octanol–water partition coefficient (Wildman–Crippen LogP) is 3.48. The minimum atomic E-state index is -0.160. The van der Waals surface area contributed by atoms with Crippen LogP contribution in [0.1, 0.15) is 39.2 Å². The van der Waals surface area contributed by atoms with Crippen LogP contribution in [0.4, 0.5) is 5.69 Å². The number of anilines is 1. The number of aliphatic hydroxyl groups is 1. The number of hydrogen-bond donors (Lipinski definition) is 1. The van der Waals surface area contributed by atoms with Crippen molar-refractivity contribution in [2.24, 2.45) is 17.3 Å². The molecule has 1 aliphatic heterocycles. The van der Waals surface area contributed by atoms with Crippen LogP contribution in [0.3, 0.4) is 0 Å². The summed E-state index contributed by atoms with van der Waals surface area (Å²) in [4.78, 5) is 2.51. The van der Waals surface area contributed by atoms with Crippen molar-refractivity contribution in [3.8, 4) is 0 Å². The maximum atomic E-state index is 10.5. The number of benzene rings is 1. The molecular formula is C18H27NO. The van der Waals surface area contributed by atoms with E-state index in [0.717, 1.165) is 25.9 Å². The smallest absolute Gasteiger partial charge is 0.0636 e. The SMILES string of the molecule is CC1Cc2ccccc2N(CC2CCC(C)(C)C2O)C1. The molecule has 3 unspecified atom stereocenters. The Labute approximate surface area is 122 Å². The van der Waals surface area contributed by atoms with Gasteiger partial charge in [0.05, 0.1) is 6.10 Å². The Balaban J connectivity index is 1.78. The number of aliphatic hydroxyl groups excluding tert-OH is 1. The Morgan fingerprint density at radius 1 is 1.30 bits per heavy atom. The fourth-order valence-electron chi connectivity index (χ4n) is 4.05. The normalized spacial score (nSPS) is 32.2. The second-order valence-corrected chi connectivity index (χ2v) is 7.58. The molecule has 3 rings (SSSR count). The zero-order valence-corrected chi connectivity index (χ0v) is 13.0. The molecule has 110 valence electrons. The van der Waals surface area contributed by atoms with Crippen LogP contribution in [0.5, 0.6) is 0 Å². The summed E-state index contributed by atoms with van der Waals surface area (Å²) in [6, 6.07) is 8.78. The summed E-state index contributed by atoms with van der Waals surface area (Å²) in [7, 11) is 0. The van der Waals surface area contributed by atoms with Gasteiger partial charge in [-0.25, -0.2) is 0 Å². The van der Waals surface area contributed by atoms with Crippen molar-refractivity contribution in [3.05, 3.63) is 29.8 Å². The highest BCUT2D eigenvalue weighted by molar-refractivity contribution is 5.55. The summed E-state index contributed by atoms with van der Waals surface area (Å²) < 4.78 is 0. The molecule has 20 heavy (non-hydrogen) atoms. The van der Waals surface area contributed by atoms with E-state index in [1.165, 1.54) is 17.7 Å². The number of para-hydroxylation sites is 1.